The van der Waals surface area contributed by atoms with Gasteiger partial charge >= 0.3 is 17.7 Å². The Balaban J connectivity index is 1.46. The molecule has 0 bridgehead atoms. The van der Waals surface area contributed by atoms with Crippen molar-refractivity contribution in [2.24, 2.45) is 5.92 Å². The lowest BCUT2D eigenvalue weighted by molar-refractivity contribution is -0.139. The van der Waals surface area contributed by atoms with Crippen LogP contribution in [-0.2, 0) is 33.8 Å². The van der Waals surface area contributed by atoms with Crippen LogP contribution in [0.3, 0.4) is 0 Å². The molecular formula is C30H43N7O5. The summed E-state index contributed by atoms with van der Waals surface area (Å²) in [5, 5.41) is 0. The van der Waals surface area contributed by atoms with Crippen LogP contribution >= 0.6 is 0 Å². The molecule has 0 spiro atoms. The zero-order valence-electron chi connectivity index (χ0n) is 24.9. The molecule has 1 aliphatic rings. The lowest BCUT2D eigenvalue weighted by Gasteiger charge is -2.32. The van der Waals surface area contributed by atoms with E-state index < -0.39 is 0 Å². The Labute approximate surface area is 246 Å². The van der Waals surface area contributed by atoms with Crippen molar-refractivity contribution in [3.8, 4) is 6.01 Å². The Morgan fingerprint density at radius 1 is 1.12 bits per heavy atom. The fourth-order valence-electron chi connectivity index (χ4n) is 5.06. The number of anilines is 1. The molecule has 1 amide bonds. The van der Waals surface area contributed by atoms with Crippen molar-refractivity contribution in [1.82, 2.24) is 29.3 Å². The molecule has 228 valence electrons. The minimum Gasteiger partial charge on any atom is -0.469 e. The number of carbonyl (C=O) groups excluding carboxylic acids is 2. The number of hydrogen-bond donors (Lipinski definition) is 2. The summed E-state index contributed by atoms with van der Waals surface area (Å²) in [5.41, 5.74) is 8.33. The highest BCUT2D eigenvalue weighted by atomic mass is 16.5. The minimum absolute atomic E-state index is 0.0487. The molecule has 0 aliphatic carbocycles. The zero-order valence-corrected chi connectivity index (χ0v) is 24.9. The Kier molecular flexibility index (Phi) is 10.9. The Morgan fingerprint density at radius 2 is 1.83 bits per heavy atom. The van der Waals surface area contributed by atoms with Gasteiger partial charge in [-0.2, -0.15) is 9.97 Å². The average Bonchev–Trinajstić information content (AvgIpc) is 3.30. The molecule has 1 aromatic carbocycles. The van der Waals surface area contributed by atoms with Crippen LogP contribution in [-0.4, -0.2) is 81.1 Å². The van der Waals surface area contributed by atoms with Gasteiger partial charge in [0.05, 0.1) is 26.7 Å². The molecule has 12 nitrogen and oxygen atoms in total. The van der Waals surface area contributed by atoms with Crippen LogP contribution in [0.1, 0.15) is 57.1 Å². The fraction of sp³-hybridized carbons (Fsp3) is 0.567. The topological polar surface area (TPSA) is 149 Å². The number of piperidine rings is 1. The number of ether oxygens (including phenoxy) is 2. The first-order valence-corrected chi connectivity index (χ1v) is 14.8. The van der Waals surface area contributed by atoms with E-state index >= 15 is 0 Å². The molecule has 3 heterocycles. The molecule has 1 aliphatic heterocycles. The van der Waals surface area contributed by atoms with Gasteiger partial charge in [-0.25, -0.2) is 4.79 Å². The van der Waals surface area contributed by atoms with E-state index in [4.69, 9.17) is 15.2 Å². The largest absolute Gasteiger partial charge is 0.469 e. The van der Waals surface area contributed by atoms with Gasteiger partial charge < -0.3 is 25.1 Å². The number of nitrogen functional groups attached to an aromatic ring is 1. The molecule has 3 aromatic rings. The third kappa shape index (κ3) is 8.31. The summed E-state index contributed by atoms with van der Waals surface area (Å²) >= 11 is 0. The number of hydrogen-bond acceptors (Lipinski definition) is 9. The summed E-state index contributed by atoms with van der Waals surface area (Å²) in [6, 6.07) is 7.79. The van der Waals surface area contributed by atoms with Crippen LogP contribution in [0.4, 0.5) is 5.82 Å². The van der Waals surface area contributed by atoms with E-state index in [1.807, 2.05) is 29.2 Å². The number of esters is 1. The van der Waals surface area contributed by atoms with Gasteiger partial charge in [-0.05, 0) is 55.8 Å². The second kappa shape index (κ2) is 14.8. The van der Waals surface area contributed by atoms with E-state index in [1.165, 1.54) is 11.7 Å². The number of carbonyl (C=O) groups is 2. The predicted molar refractivity (Wildman–Crippen MR) is 160 cm³/mol. The SMILES string of the molecule is CCCCOc1nc(N)c2[nH]c(=O)n(CCCN(Cc3ccc(CC(=O)OC)cc3)C(=O)CN3CCC(C)CC3)c2n1. The highest BCUT2D eigenvalue weighted by molar-refractivity contribution is 5.82. The maximum Gasteiger partial charge on any atom is 0.327 e. The minimum atomic E-state index is -0.335. The maximum absolute atomic E-state index is 13.5. The van der Waals surface area contributed by atoms with Crippen LogP contribution in [0.5, 0.6) is 6.01 Å². The average molecular weight is 582 g/mol. The Bertz CT molecular complexity index is 1390. The number of aromatic amines is 1. The van der Waals surface area contributed by atoms with Gasteiger partial charge in [-0.15, -0.1) is 0 Å². The third-order valence-corrected chi connectivity index (χ3v) is 7.73. The van der Waals surface area contributed by atoms with Crippen LogP contribution < -0.4 is 16.2 Å². The standard InChI is InChI=1S/C30H43N7O5/c1-4-5-17-42-29-33-27(31)26-28(34-29)37(30(40)32-26)14-6-13-36(24(38)20-35-15-11-21(2)12-16-35)19-23-9-7-22(8-10-23)18-25(39)41-3/h7-10,21H,4-6,11-20H2,1-3H3,(H,32,40)(H2,31,33,34). The van der Waals surface area contributed by atoms with Crippen LogP contribution in [0, 0.1) is 5.92 Å². The van der Waals surface area contributed by atoms with E-state index in [2.05, 4.69) is 33.7 Å². The fourth-order valence-corrected chi connectivity index (χ4v) is 5.06. The molecule has 42 heavy (non-hydrogen) atoms. The number of nitrogens with zero attached hydrogens (tertiary/aromatic N) is 5. The summed E-state index contributed by atoms with van der Waals surface area (Å²) in [5.74, 6) is 0.591. The van der Waals surface area contributed by atoms with Crippen molar-refractivity contribution in [3.05, 3.63) is 45.9 Å². The van der Waals surface area contributed by atoms with Crippen molar-refractivity contribution in [3.63, 3.8) is 0 Å². The summed E-state index contributed by atoms with van der Waals surface area (Å²) in [6.45, 7) is 8.19. The highest BCUT2D eigenvalue weighted by Crippen LogP contribution is 2.19. The molecule has 0 atom stereocenters. The van der Waals surface area contributed by atoms with Gasteiger partial charge in [0.25, 0.3) is 0 Å². The summed E-state index contributed by atoms with van der Waals surface area (Å²) in [4.78, 5) is 53.4. The van der Waals surface area contributed by atoms with Crippen molar-refractivity contribution in [2.45, 2.75) is 65.5 Å². The second-order valence-electron chi connectivity index (χ2n) is 11.1. The van der Waals surface area contributed by atoms with Gasteiger partial charge in [0, 0.05) is 19.6 Å². The first kappa shape index (κ1) is 31.0. The summed E-state index contributed by atoms with van der Waals surface area (Å²) < 4.78 is 11.9. The van der Waals surface area contributed by atoms with Crippen molar-refractivity contribution >= 4 is 28.9 Å². The third-order valence-electron chi connectivity index (χ3n) is 7.73. The van der Waals surface area contributed by atoms with Gasteiger partial charge in [0.15, 0.2) is 11.5 Å². The lowest BCUT2D eigenvalue weighted by Crippen LogP contribution is -2.43. The van der Waals surface area contributed by atoms with Gasteiger partial charge in [-0.3, -0.25) is 19.1 Å². The molecule has 2 aromatic heterocycles. The molecule has 1 fully saturated rings. The number of likely N-dealkylation sites (tertiary alicyclic amines) is 1. The van der Waals surface area contributed by atoms with Crippen molar-refractivity contribution in [1.29, 1.82) is 0 Å². The number of imidazole rings is 1. The number of fused-ring (bicyclic) bond motifs is 1. The molecule has 4 rings (SSSR count). The molecule has 0 saturated carbocycles. The first-order chi connectivity index (χ1) is 20.3. The number of benzene rings is 1. The van der Waals surface area contributed by atoms with Gasteiger partial charge in [-0.1, -0.05) is 44.5 Å². The van der Waals surface area contributed by atoms with E-state index in [0.29, 0.717) is 56.3 Å². The number of rotatable bonds is 14. The number of aromatic nitrogens is 4. The summed E-state index contributed by atoms with van der Waals surface area (Å²) in [6.07, 6.45) is 4.74. The lowest BCUT2D eigenvalue weighted by atomic mass is 9.99. The van der Waals surface area contributed by atoms with E-state index in [1.54, 1.807) is 0 Å². The zero-order chi connectivity index (χ0) is 30.1. The van der Waals surface area contributed by atoms with Crippen molar-refractivity contribution < 1.29 is 19.1 Å². The Morgan fingerprint density at radius 3 is 2.52 bits per heavy atom. The number of aryl methyl sites for hydroxylation is 1. The first-order valence-electron chi connectivity index (χ1n) is 14.8. The second-order valence-corrected chi connectivity index (χ2v) is 11.1. The predicted octanol–water partition coefficient (Wildman–Crippen LogP) is 2.75. The quantitative estimate of drug-likeness (QED) is 0.216. The molecule has 3 N–H and O–H groups in total. The summed E-state index contributed by atoms with van der Waals surface area (Å²) in [7, 11) is 1.37. The number of unbranched alkanes of at least 4 members (excludes halogenated alkanes) is 1. The molecule has 0 unspecified atom stereocenters. The molecule has 1 saturated heterocycles. The monoisotopic (exact) mass is 581 g/mol. The maximum atomic E-state index is 13.5. The highest BCUT2D eigenvalue weighted by Gasteiger charge is 2.22. The number of amides is 1. The van der Waals surface area contributed by atoms with Crippen LogP contribution in [0.25, 0.3) is 11.2 Å². The Hall–Kier alpha value is -3.93. The number of methoxy groups -OCH3 is 1. The molecular weight excluding hydrogens is 538 g/mol. The molecule has 12 heteroatoms. The smallest absolute Gasteiger partial charge is 0.327 e. The van der Waals surface area contributed by atoms with Crippen LogP contribution in [0.2, 0.25) is 0 Å². The van der Waals surface area contributed by atoms with E-state index in [9.17, 15) is 14.4 Å². The van der Waals surface area contributed by atoms with Gasteiger partial charge in [0.2, 0.25) is 5.91 Å². The van der Waals surface area contributed by atoms with Crippen molar-refractivity contribution in [2.75, 3.05) is 45.6 Å². The number of nitrogens with one attached hydrogen (secondary N) is 1. The normalized spacial score (nSPS) is 14.3. The van der Waals surface area contributed by atoms with Crippen LogP contribution in [0.15, 0.2) is 29.1 Å². The number of H-pyrrole nitrogens is 1. The van der Waals surface area contributed by atoms with E-state index in [-0.39, 0.29) is 35.8 Å². The van der Waals surface area contributed by atoms with E-state index in [0.717, 1.165) is 49.9 Å². The van der Waals surface area contributed by atoms with Gasteiger partial charge in [0.1, 0.15) is 5.52 Å². The molecule has 0 radical (unpaired) electrons. The number of nitrogens with two attached hydrogens (primary N) is 1.